The average molecular weight is 275 g/mol. The predicted molar refractivity (Wildman–Crippen MR) is 72.8 cm³/mol. The minimum absolute atomic E-state index is 0.903. The fourth-order valence-corrected chi connectivity index (χ4v) is 1.54. The summed E-state index contributed by atoms with van der Waals surface area (Å²) < 4.78 is 33.7. The maximum absolute atomic E-state index is 8.63. The molecule has 0 aliphatic heterocycles. The Hall–Kier alpha value is -1.21. The highest BCUT2D eigenvalue weighted by atomic mass is 32.3. The summed E-state index contributed by atoms with van der Waals surface area (Å²) in [6.07, 6.45) is 7.76. The molecule has 0 spiro atoms. The van der Waals surface area contributed by atoms with Crippen LogP contribution < -0.4 is 0 Å². The van der Waals surface area contributed by atoms with Crippen molar-refractivity contribution < 1.29 is 22.0 Å². The smallest absolute Gasteiger partial charge is 0.215 e. The molecule has 0 fully saturated rings. The molecule has 0 aliphatic rings. The summed E-state index contributed by atoms with van der Waals surface area (Å²) in [7, 11) is -4.92. The molecule has 0 atom stereocenters. The van der Waals surface area contributed by atoms with E-state index in [1.165, 1.54) is 0 Å². The summed E-state index contributed by atoms with van der Waals surface area (Å²) in [5.74, 6) is 0. The monoisotopic (exact) mass is 275 g/mol. The van der Waals surface area contributed by atoms with Gasteiger partial charge in [0, 0.05) is 0 Å². The van der Waals surface area contributed by atoms with Gasteiger partial charge >= 0.3 is 0 Å². The second-order valence-corrected chi connectivity index (χ2v) is 4.51. The Balaban J connectivity index is 0. The van der Waals surface area contributed by atoms with Gasteiger partial charge in [0.15, 0.2) is 0 Å². The van der Waals surface area contributed by atoms with E-state index in [1.807, 2.05) is 24.3 Å². The van der Waals surface area contributed by atoms with Gasteiger partial charge < -0.3 is 9.04 Å². The first-order valence-corrected chi connectivity index (χ1v) is 6.58. The normalized spacial score (nSPS) is 10.8. The second kappa shape index (κ2) is 9.78. The lowest BCUT2D eigenvalue weighted by molar-refractivity contribution is -0.906. The molecule has 0 aliphatic carbocycles. The van der Waals surface area contributed by atoms with Gasteiger partial charge in [0.25, 0.3) is 0 Å². The van der Waals surface area contributed by atoms with Crippen molar-refractivity contribution in [1.82, 2.24) is 0 Å². The molecule has 0 amide bonds. The lowest BCUT2D eigenvalue weighted by Crippen LogP contribution is -2.48. The first-order chi connectivity index (χ1) is 8.24. The molecule has 0 aromatic heterocycles. The largest absolute Gasteiger partial charge is 0.726 e. The molecule has 0 unspecified atom stereocenters. The van der Waals surface area contributed by atoms with E-state index in [0.717, 1.165) is 30.7 Å². The van der Waals surface area contributed by atoms with Gasteiger partial charge in [-0.25, -0.2) is 8.42 Å². The molecule has 104 valence electrons. The van der Waals surface area contributed by atoms with E-state index in [2.05, 4.69) is 26.3 Å². The molecule has 0 heterocycles. The molecule has 0 rings (SSSR count). The molecule has 1 N–H and O–H groups in total. The van der Waals surface area contributed by atoms with Gasteiger partial charge in [0.2, 0.25) is 10.4 Å². The molecule has 0 aromatic rings. The standard InChI is InChI=1S/C12H20N.H2O4S/c1-5-9-13(10-6-2,11-7-3)12-8-4;1-5(2,3)4/h5-8H,1-4,9-12H2;(H2,1,2,3,4)/q+1;/p-1. The van der Waals surface area contributed by atoms with Gasteiger partial charge in [-0.1, -0.05) is 26.3 Å². The van der Waals surface area contributed by atoms with Crippen LogP contribution in [0, 0.1) is 0 Å². The van der Waals surface area contributed by atoms with Gasteiger partial charge in [-0.3, -0.25) is 4.55 Å². The topological polar surface area (TPSA) is 77.4 Å². The van der Waals surface area contributed by atoms with Crippen LogP contribution in [0.1, 0.15) is 0 Å². The van der Waals surface area contributed by atoms with E-state index in [4.69, 9.17) is 17.5 Å². The summed E-state index contributed by atoms with van der Waals surface area (Å²) in [4.78, 5) is 0. The van der Waals surface area contributed by atoms with E-state index in [1.54, 1.807) is 0 Å². The van der Waals surface area contributed by atoms with Crippen molar-refractivity contribution in [2.45, 2.75) is 0 Å². The zero-order valence-corrected chi connectivity index (χ0v) is 11.3. The molecule has 0 aromatic carbocycles. The maximum Gasteiger partial charge on any atom is 0.215 e. The van der Waals surface area contributed by atoms with Crippen molar-refractivity contribution in [3.63, 3.8) is 0 Å². The summed E-state index contributed by atoms with van der Waals surface area (Å²) >= 11 is 0. The van der Waals surface area contributed by atoms with Crippen molar-refractivity contribution in [2.24, 2.45) is 0 Å². The van der Waals surface area contributed by atoms with Crippen LogP contribution in [-0.4, -0.2) is 48.2 Å². The quantitative estimate of drug-likeness (QED) is 0.315. The van der Waals surface area contributed by atoms with E-state index >= 15 is 0 Å². The molecule has 0 saturated heterocycles. The third kappa shape index (κ3) is 12.9. The number of nitrogens with zero attached hydrogens (tertiary/aromatic N) is 1. The molecule has 5 nitrogen and oxygen atoms in total. The minimum atomic E-state index is -4.92. The fourth-order valence-electron chi connectivity index (χ4n) is 1.54. The second-order valence-electron chi connectivity index (χ2n) is 3.65. The maximum atomic E-state index is 8.63. The Kier molecular flexibility index (Phi) is 10.4. The van der Waals surface area contributed by atoms with Crippen LogP contribution in [0.3, 0.4) is 0 Å². The lowest BCUT2D eigenvalue weighted by atomic mass is 10.3. The Labute approximate surface area is 110 Å². The fraction of sp³-hybridized carbons (Fsp3) is 0.333. The van der Waals surface area contributed by atoms with Gasteiger partial charge in [0.05, 0.1) is 26.2 Å². The van der Waals surface area contributed by atoms with Crippen LogP contribution in [0.15, 0.2) is 50.6 Å². The van der Waals surface area contributed by atoms with Crippen LogP contribution in [-0.2, 0) is 10.4 Å². The Morgan fingerprint density at radius 1 is 0.889 bits per heavy atom. The summed E-state index contributed by atoms with van der Waals surface area (Å²) in [6.45, 7) is 18.8. The van der Waals surface area contributed by atoms with Crippen molar-refractivity contribution in [1.29, 1.82) is 0 Å². The Bertz CT molecular complexity index is 320. The van der Waals surface area contributed by atoms with Gasteiger partial charge in [-0.05, 0) is 24.3 Å². The van der Waals surface area contributed by atoms with Crippen molar-refractivity contribution in [2.75, 3.05) is 26.2 Å². The summed E-state index contributed by atoms with van der Waals surface area (Å²) in [5, 5.41) is 0. The van der Waals surface area contributed by atoms with Gasteiger partial charge in [-0.15, -0.1) is 0 Å². The van der Waals surface area contributed by atoms with Crippen LogP contribution >= 0.6 is 0 Å². The molecule has 18 heavy (non-hydrogen) atoms. The predicted octanol–water partition coefficient (Wildman–Crippen LogP) is 1.55. The van der Waals surface area contributed by atoms with Crippen LogP contribution in [0.5, 0.6) is 0 Å². The zero-order valence-electron chi connectivity index (χ0n) is 10.5. The third-order valence-corrected chi connectivity index (χ3v) is 2.07. The van der Waals surface area contributed by atoms with E-state index in [9.17, 15) is 0 Å². The molecule has 0 radical (unpaired) electrons. The zero-order chi connectivity index (χ0) is 14.7. The highest BCUT2D eigenvalue weighted by molar-refractivity contribution is 7.79. The first-order valence-electron chi connectivity index (χ1n) is 5.21. The van der Waals surface area contributed by atoms with E-state index in [0.29, 0.717) is 0 Å². The number of hydrogen-bond acceptors (Lipinski definition) is 3. The number of rotatable bonds is 8. The lowest BCUT2D eigenvalue weighted by Gasteiger charge is -2.35. The SMILES string of the molecule is C=CC[N+](CC=C)(CC=C)CC=C.O=S(=O)([O-])O. The van der Waals surface area contributed by atoms with Crippen molar-refractivity contribution >= 4 is 10.4 Å². The summed E-state index contributed by atoms with van der Waals surface area (Å²) in [5.41, 5.74) is 0. The number of quaternary nitrogens is 1. The van der Waals surface area contributed by atoms with Gasteiger partial charge in [-0.2, -0.15) is 0 Å². The van der Waals surface area contributed by atoms with Crippen LogP contribution in [0.2, 0.25) is 0 Å². The third-order valence-electron chi connectivity index (χ3n) is 2.07. The van der Waals surface area contributed by atoms with Gasteiger partial charge in [0.1, 0.15) is 0 Å². The van der Waals surface area contributed by atoms with Crippen LogP contribution in [0.4, 0.5) is 0 Å². The minimum Gasteiger partial charge on any atom is -0.726 e. The van der Waals surface area contributed by atoms with Crippen molar-refractivity contribution in [3.05, 3.63) is 50.6 Å². The van der Waals surface area contributed by atoms with E-state index < -0.39 is 10.4 Å². The molecule has 0 bridgehead atoms. The molecular weight excluding hydrogens is 254 g/mol. The van der Waals surface area contributed by atoms with E-state index in [-0.39, 0.29) is 0 Å². The highest BCUT2D eigenvalue weighted by Crippen LogP contribution is 2.07. The summed E-state index contributed by atoms with van der Waals surface area (Å²) in [6, 6.07) is 0. The molecule has 6 heteroatoms. The Morgan fingerprint density at radius 3 is 1.17 bits per heavy atom. The number of hydrogen-bond donors (Lipinski definition) is 1. The van der Waals surface area contributed by atoms with Crippen molar-refractivity contribution in [3.8, 4) is 0 Å². The molecule has 0 saturated carbocycles. The Morgan fingerprint density at radius 2 is 1.06 bits per heavy atom. The average Bonchev–Trinajstić information content (AvgIpc) is 2.16. The first kappa shape index (κ1) is 19.1. The van der Waals surface area contributed by atoms with Crippen LogP contribution in [0.25, 0.3) is 0 Å². The molecular formula is C12H21NO4S. The highest BCUT2D eigenvalue weighted by Gasteiger charge is 2.20.